The molecule has 39 heavy (non-hydrogen) atoms. The molecular formula is C32H40N2O5. The van der Waals surface area contributed by atoms with Crippen LogP contribution >= 0.6 is 0 Å². The van der Waals surface area contributed by atoms with Crippen LogP contribution in [0, 0.1) is 0 Å². The van der Waals surface area contributed by atoms with Crippen LogP contribution in [0.2, 0.25) is 0 Å². The van der Waals surface area contributed by atoms with Crippen molar-refractivity contribution in [3.8, 4) is 17.2 Å². The monoisotopic (exact) mass is 532 g/mol. The number of rotatable bonds is 15. The molecular weight excluding hydrogens is 492 g/mol. The van der Waals surface area contributed by atoms with E-state index < -0.39 is 6.04 Å². The van der Waals surface area contributed by atoms with Crippen molar-refractivity contribution in [2.24, 2.45) is 0 Å². The fourth-order valence-corrected chi connectivity index (χ4v) is 4.19. The number of hydrogen-bond donors (Lipinski definition) is 1. The highest BCUT2D eigenvalue weighted by atomic mass is 16.5. The number of carbonyl (C=O) groups excluding carboxylic acids is 2. The van der Waals surface area contributed by atoms with E-state index in [0.29, 0.717) is 37.5 Å². The largest absolute Gasteiger partial charge is 0.497 e. The van der Waals surface area contributed by atoms with Gasteiger partial charge in [0.1, 0.15) is 23.3 Å². The maximum atomic E-state index is 13.7. The fraction of sp³-hybridized carbons (Fsp3) is 0.375. The van der Waals surface area contributed by atoms with Gasteiger partial charge in [-0.1, -0.05) is 49.4 Å². The lowest BCUT2D eigenvalue weighted by molar-refractivity contribution is -0.141. The van der Waals surface area contributed by atoms with Crippen LogP contribution in [0.3, 0.4) is 0 Å². The summed E-state index contributed by atoms with van der Waals surface area (Å²) in [5, 5.41) is 3.10. The van der Waals surface area contributed by atoms with E-state index in [2.05, 4.69) is 5.32 Å². The molecule has 0 heterocycles. The minimum absolute atomic E-state index is 0.00226. The van der Waals surface area contributed by atoms with Crippen LogP contribution in [-0.4, -0.2) is 49.6 Å². The standard InChI is InChI=1S/C32H40N2O5/c1-5-24(2)33-32(36)30(22-25-11-7-6-8-12-25)34(23-26-13-9-14-29(21-26)38-4)31(35)15-10-20-39-28-18-16-27(37-3)17-19-28/h6-9,11-14,16-19,21,24,30H,5,10,15,20,22-23H2,1-4H3,(H,33,36)/t24-,30-/m0/s1. The maximum Gasteiger partial charge on any atom is 0.243 e. The summed E-state index contributed by atoms with van der Waals surface area (Å²) in [6.07, 6.45) is 1.99. The SMILES string of the molecule is CC[C@H](C)NC(=O)[C@H](Cc1ccccc1)N(Cc1cccc(OC)c1)C(=O)CCCOc1ccc(OC)cc1. The molecule has 0 radical (unpaired) electrons. The summed E-state index contributed by atoms with van der Waals surface area (Å²) in [5.41, 5.74) is 1.89. The molecule has 0 aliphatic carbocycles. The molecule has 7 nitrogen and oxygen atoms in total. The minimum Gasteiger partial charge on any atom is -0.497 e. The van der Waals surface area contributed by atoms with Gasteiger partial charge in [0, 0.05) is 25.4 Å². The molecule has 3 aromatic carbocycles. The topological polar surface area (TPSA) is 77.1 Å². The van der Waals surface area contributed by atoms with E-state index in [1.54, 1.807) is 19.1 Å². The first-order valence-corrected chi connectivity index (χ1v) is 13.5. The molecule has 3 rings (SSSR count). The maximum absolute atomic E-state index is 13.7. The molecule has 3 aromatic rings. The van der Waals surface area contributed by atoms with Gasteiger partial charge < -0.3 is 24.4 Å². The van der Waals surface area contributed by atoms with Crippen LogP contribution in [0.1, 0.15) is 44.2 Å². The Kier molecular flexibility index (Phi) is 11.7. The average Bonchev–Trinajstić information content (AvgIpc) is 2.97. The average molecular weight is 533 g/mol. The zero-order valence-electron chi connectivity index (χ0n) is 23.4. The van der Waals surface area contributed by atoms with E-state index in [4.69, 9.17) is 14.2 Å². The van der Waals surface area contributed by atoms with Crippen molar-refractivity contribution in [2.45, 2.75) is 58.2 Å². The third kappa shape index (κ3) is 9.36. The normalized spacial score (nSPS) is 12.2. The summed E-state index contributed by atoms with van der Waals surface area (Å²) >= 11 is 0. The molecule has 0 saturated carbocycles. The van der Waals surface area contributed by atoms with Gasteiger partial charge in [0.15, 0.2) is 0 Å². The van der Waals surface area contributed by atoms with Crippen LogP contribution in [0.4, 0.5) is 0 Å². The van der Waals surface area contributed by atoms with Crippen LogP contribution < -0.4 is 19.5 Å². The first-order valence-electron chi connectivity index (χ1n) is 13.5. The van der Waals surface area contributed by atoms with E-state index in [0.717, 1.165) is 23.3 Å². The highest BCUT2D eigenvalue weighted by molar-refractivity contribution is 5.88. The zero-order chi connectivity index (χ0) is 28.0. The molecule has 0 unspecified atom stereocenters. The van der Waals surface area contributed by atoms with E-state index in [-0.39, 0.29) is 24.3 Å². The van der Waals surface area contributed by atoms with Gasteiger partial charge in [-0.15, -0.1) is 0 Å². The third-order valence-corrected chi connectivity index (χ3v) is 6.62. The molecule has 7 heteroatoms. The lowest BCUT2D eigenvalue weighted by Gasteiger charge is -2.32. The second kappa shape index (κ2) is 15.4. The van der Waals surface area contributed by atoms with E-state index in [9.17, 15) is 9.59 Å². The van der Waals surface area contributed by atoms with Crippen LogP contribution in [0.15, 0.2) is 78.9 Å². The summed E-state index contributed by atoms with van der Waals surface area (Å²) in [6.45, 7) is 4.68. The Morgan fingerprint density at radius 3 is 2.18 bits per heavy atom. The molecule has 0 aliphatic rings. The van der Waals surface area contributed by atoms with Gasteiger partial charge in [-0.25, -0.2) is 0 Å². The Hall–Kier alpha value is -4.00. The number of hydrogen-bond acceptors (Lipinski definition) is 5. The number of carbonyl (C=O) groups is 2. The zero-order valence-corrected chi connectivity index (χ0v) is 23.4. The molecule has 1 N–H and O–H groups in total. The van der Waals surface area contributed by atoms with Crippen molar-refractivity contribution in [1.82, 2.24) is 10.2 Å². The fourth-order valence-electron chi connectivity index (χ4n) is 4.19. The molecule has 2 atom stereocenters. The van der Waals surface area contributed by atoms with E-state index in [1.807, 2.05) is 92.7 Å². The Morgan fingerprint density at radius 2 is 1.51 bits per heavy atom. The molecule has 0 aliphatic heterocycles. The number of ether oxygens (including phenoxy) is 3. The molecule has 0 spiro atoms. The highest BCUT2D eigenvalue weighted by Crippen LogP contribution is 2.21. The lowest BCUT2D eigenvalue weighted by Crippen LogP contribution is -2.52. The number of benzene rings is 3. The van der Waals surface area contributed by atoms with Crippen LogP contribution in [0.5, 0.6) is 17.2 Å². The summed E-state index contributed by atoms with van der Waals surface area (Å²) in [4.78, 5) is 29.0. The summed E-state index contributed by atoms with van der Waals surface area (Å²) in [7, 11) is 3.23. The van der Waals surface area contributed by atoms with Crippen LogP contribution in [-0.2, 0) is 22.6 Å². The number of nitrogens with one attached hydrogen (secondary N) is 1. The number of nitrogens with zero attached hydrogens (tertiary/aromatic N) is 1. The van der Waals surface area contributed by atoms with Crippen molar-refractivity contribution >= 4 is 11.8 Å². The van der Waals surface area contributed by atoms with Crippen molar-refractivity contribution in [3.63, 3.8) is 0 Å². The number of methoxy groups -OCH3 is 2. The summed E-state index contributed by atoms with van der Waals surface area (Å²) < 4.78 is 16.4. The smallest absolute Gasteiger partial charge is 0.243 e. The molecule has 208 valence electrons. The predicted molar refractivity (Wildman–Crippen MR) is 153 cm³/mol. The first-order chi connectivity index (χ1) is 18.9. The van der Waals surface area contributed by atoms with Gasteiger partial charge in [0.2, 0.25) is 11.8 Å². The van der Waals surface area contributed by atoms with Gasteiger partial charge in [-0.3, -0.25) is 9.59 Å². The Labute approximate surface area is 232 Å². The van der Waals surface area contributed by atoms with Gasteiger partial charge in [-0.05, 0) is 67.3 Å². The van der Waals surface area contributed by atoms with Gasteiger partial charge in [-0.2, -0.15) is 0 Å². The Bertz CT molecular complexity index is 1170. The van der Waals surface area contributed by atoms with Gasteiger partial charge in [0.25, 0.3) is 0 Å². The van der Waals surface area contributed by atoms with Gasteiger partial charge in [0.05, 0.1) is 20.8 Å². The lowest BCUT2D eigenvalue weighted by atomic mass is 10.0. The molecule has 0 bridgehead atoms. The molecule has 0 fully saturated rings. The quantitative estimate of drug-likeness (QED) is 0.265. The van der Waals surface area contributed by atoms with Crippen molar-refractivity contribution < 1.29 is 23.8 Å². The summed E-state index contributed by atoms with van der Waals surface area (Å²) in [6, 6.07) is 24.1. The van der Waals surface area contributed by atoms with Crippen LogP contribution in [0.25, 0.3) is 0 Å². The predicted octanol–water partition coefficient (Wildman–Crippen LogP) is 5.42. The second-order valence-electron chi connectivity index (χ2n) is 9.52. The van der Waals surface area contributed by atoms with Crippen molar-refractivity contribution in [2.75, 3.05) is 20.8 Å². The number of amides is 2. The van der Waals surface area contributed by atoms with Crippen molar-refractivity contribution in [3.05, 3.63) is 90.0 Å². The minimum atomic E-state index is -0.664. The molecule has 0 aromatic heterocycles. The van der Waals surface area contributed by atoms with Gasteiger partial charge >= 0.3 is 0 Å². The molecule has 0 saturated heterocycles. The molecule has 2 amide bonds. The van der Waals surface area contributed by atoms with Crippen molar-refractivity contribution in [1.29, 1.82) is 0 Å². The Morgan fingerprint density at radius 1 is 0.846 bits per heavy atom. The summed E-state index contributed by atoms with van der Waals surface area (Å²) in [5.74, 6) is 1.92. The van der Waals surface area contributed by atoms with E-state index >= 15 is 0 Å². The highest BCUT2D eigenvalue weighted by Gasteiger charge is 2.30. The Balaban J connectivity index is 1.80. The third-order valence-electron chi connectivity index (χ3n) is 6.62. The second-order valence-corrected chi connectivity index (χ2v) is 9.52. The van der Waals surface area contributed by atoms with E-state index in [1.165, 1.54) is 0 Å². The first kappa shape index (κ1) is 29.6.